The Morgan fingerprint density at radius 3 is 2.47 bits per heavy atom. The van der Waals surface area contributed by atoms with Crippen molar-refractivity contribution in [1.82, 2.24) is 9.55 Å². The Labute approximate surface area is 119 Å². The first-order valence-electron chi connectivity index (χ1n) is 5.90. The zero-order valence-corrected chi connectivity index (χ0v) is 12.8. The van der Waals surface area contributed by atoms with Crippen LogP contribution in [0.5, 0.6) is 0 Å². The fourth-order valence-electron chi connectivity index (χ4n) is 2.17. The first kappa shape index (κ1) is 14.1. The summed E-state index contributed by atoms with van der Waals surface area (Å²) in [6, 6.07) is 1.71. The summed E-state index contributed by atoms with van der Waals surface area (Å²) in [5.74, 6) is 0. The number of nitrogens with one attached hydrogen (secondary N) is 1. The van der Waals surface area contributed by atoms with Crippen LogP contribution in [-0.2, 0) is 0 Å². The van der Waals surface area contributed by atoms with Crippen molar-refractivity contribution in [2.45, 2.75) is 33.7 Å². The van der Waals surface area contributed by atoms with Crippen LogP contribution < -0.4 is 11.2 Å². The first-order valence-corrected chi connectivity index (χ1v) is 7.10. The molecule has 0 bridgehead atoms. The maximum Gasteiger partial charge on any atom is 0.330 e. The second-order valence-corrected chi connectivity index (χ2v) is 6.43. The highest BCUT2D eigenvalue weighted by atomic mass is 35.5. The fraction of sp³-hybridized carbons (Fsp3) is 0.385. The van der Waals surface area contributed by atoms with E-state index in [1.807, 2.05) is 26.8 Å². The Bertz CT molecular complexity index is 742. The maximum absolute atomic E-state index is 12.2. The van der Waals surface area contributed by atoms with Gasteiger partial charge < -0.3 is 0 Å². The van der Waals surface area contributed by atoms with Gasteiger partial charge in [-0.15, -0.1) is 11.3 Å². The zero-order chi connectivity index (χ0) is 14.3. The Morgan fingerprint density at radius 2 is 1.95 bits per heavy atom. The quantitative estimate of drug-likeness (QED) is 0.867. The molecule has 4 nitrogen and oxygen atoms in total. The summed E-state index contributed by atoms with van der Waals surface area (Å²) in [7, 11) is 0. The third-order valence-electron chi connectivity index (χ3n) is 3.22. The molecule has 0 aliphatic heterocycles. The normalized spacial score (nSPS) is 12.7. The van der Waals surface area contributed by atoms with Crippen molar-refractivity contribution in [3.63, 3.8) is 0 Å². The lowest BCUT2D eigenvalue weighted by atomic mass is 10.1. The van der Waals surface area contributed by atoms with Crippen molar-refractivity contribution in [2.75, 3.05) is 0 Å². The monoisotopic (exact) mass is 298 g/mol. The Kier molecular flexibility index (Phi) is 3.69. The molecule has 2 aromatic rings. The van der Waals surface area contributed by atoms with Crippen molar-refractivity contribution in [3.05, 3.63) is 52.9 Å². The highest BCUT2D eigenvalue weighted by Gasteiger charge is 2.18. The molecule has 0 radical (unpaired) electrons. The van der Waals surface area contributed by atoms with Crippen LogP contribution in [0.3, 0.4) is 0 Å². The molecule has 6 heteroatoms. The third kappa shape index (κ3) is 2.40. The number of aromatic amines is 1. The molecule has 2 heterocycles. The summed E-state index contributed by atoms with van der Waals surface area (Å²) in [5.41, 5.74) is 0.537. The van der Waals surface area contributed by atoms with Gasteiger partial charge in [0.15, 0.2) is 0 Å². The number of H-pyrrole nitrogens is 1. The average molecular weight is 299 g/mol. The van der Waals surface area contributed by atoms with Gasteiger partial charge in [0, 0.05) is 15.3 Å². The van der Waals surface area contributed by atoms with E-state index in [1.165, 1.54) is 4.57 Å². The number of thiophene rings is 1. The number of rotatable bonds is 2. The number of aromatic nitrogens is 2. The van der Waals surface area contributed by atoms with Gasteiger partial charge in [0.2, 0.25) is 0 Å². The lowest BCUT2D eigenvalue weighted by molar-refractivity contribution is 0.573. The topological polar surface area (TPSA) is 54.9 Å². The molecule has 2 aromatic heterocycles. The van der Waals surface area contributed by atoms with Crippen molar-refractivity contribution >= 4 is 22.9 Å². The van der Waals surface area contributed by atoms with Crippen LogP contribution in [0.4, 0.5) is 0 Å². The molecule has 102 valence electrons. The molecule has 0 aliphatic carbocycles. The molecule has 2 rings (SSSR count). The van der Waals surface area contributed by atoms with Crippen molar-refractivity contribution in [3.8, 4) is 0 Å². The summed E-state index contributed by atoms with van der Waals surface area (Å²) in [5, 5.41) is 0.108. The van der Waals surface area contributed by atoms with E-state index in [-0.39, 0.29) is 16.8 Å². The van der Waals surface area contributed by atoms with Crippen LogP contribution in [-0.4, -0.2) is 9.55 Å². The second-order valence-electron chi connectivity index (χ2n) is 4.59. The van der Waals surface area contributed by atoms with Gasteiger partial charge in [0.25, 0.3) is 5.56 Å². The minimum absolute atomic E-state index is 0.108. The predicted molar refractivity (Wildman–Crippen MR) is 78.7 cm³/mol. The molecule has 0 fully saturated rings. The van der Waals surface area contributed by atoms with Crippen LogP contribution in [0.15, 0.2) is 15.7 Å². The number of nitrogens with zero attached hydrogens (tertiary/aromatic N) is 1. The molecule has 0 amide bonds. The van der Waals surface area contributed by atoms with E-state index in [2.05, 4.69) is 4.98 Å². The predicted octanol–water partition coefficient (Wildman–Crippen LogP) is 2.79. The Morgan fingerprint density at radius 1 is 1.32 bits per heavy atom. The summed E-state index contributed by atoms with van der Waals surface area (Å²) in [6.07, 6.45) is 0. The van der Waals surface area contributed by atoms with Crippen LogP contribution in [0.1, 0.15) is 33.8 Å². The molecular weight excluding hydrogens is 284 g/mol. The lowest BCUT2D eigenvalue weighted by Crippen LogP contribution is -2.39. The molecule has 0 saturated carbocycles. The lowest BCUT2D eigenvalue weighted by Gasteiger charge is -2.15. The summed E-state index contributed by atoms with van der Waals surface area (Å²) >= 11 is 7.47. The van der Waals surface area contributed by atoms with Crippen LogP contribution >= 0.6 is 22.9 Å². The molecule has 0 saturated heterocycles. The highest BCUT2D eigenvalue weighted by molar-refractivity contribution is 7.12. The summed E-state index contributed by atoms with van der Waals surface area (Å²) < 4.78 is 1.22. The Balaban J connectivity index is 2.66. The van der Waals surface area contributed by atoms with Crippen molar-refractivity contribution in [2.24, 2.45) is 0 Å². The van der Waals surface area contributed by atoms with Crippen LogP contribution in [0, 0.1) is 20.8 Å². The van der Waals surface area contributed by atoms with Crippen molar-refractivity contribution in [1.29, 1.82) is 0 Å². The van der Waals surface area contributed by atoms with Gasteiger partial charge in [-0.25, -0.2) is 4.79 Å². The van der Waals surface area contributed by atoms with Gasteiger partial charge in [-0.2, -0.15) is 0 Å². The average Bonchev–Trinajstić information content (AvgIpc) is 2.65. The molecule has 1 N–H and O–H groups in total. The first-order chi connectivity index (χ1) is 8.82. The number of hydrogen-bond donors (Lipinski definition) is 1. The second kappa shape index (κ2) is 4.98. The minimum Gasteiger partial charge on any atom is -0.297 e. The van der Waals surface area contributed by atoms with Gasteiger partial charge >= 0.3 is 5.69 Å². The summed E-state index contributed by atoms with van der Waals surface area (Å²) in [6.45, 7) is 7.45. The molecule has 1 atom stereocenters. The molecule has 0 spiro atoms. The fourth-order valence-corrected chi connectivity index (χ4v) is 3.35. The van der Waals surface area contributed by atoms with Gasteiger partial charge in [-0.3, -0.25) is 14.3 Å². The Hall–Kier alpha value is -1.33. The van der Waals surface area contributed by atoms with Gasteiger partial charge in [-0.05, 0) is 39.3 Å². The SMILES string of the molecule is Cc1cc(C(C)n2c(=O)[nH]c(Cl)c(C)c2=O)c(C)s1. The van der Waals surface area contributed by atoms with E-state index in [0.717, 1.165) is 15.3 Å². The van der Waals surface area contributed by atoms with E-state index in [9.17, 15) is 9.59 Å². The van der Waals surface area contributed by atoms with Gasteiger partial charge in [0.1, 0.15) is 5.15 Å². The van der Waals surface area contributed by atoms with Crippen LogP contribution in [0.25, 0.3) is 0 Å². The third-order valence-corrected chi connectivity index (χ3v) is 4.58. The molecule has 0 aliphatic rings. The number of aryl methyl sites for hydroxylation is 2. The smallest absolute Gasteiger partial charge is 0.297 e. The standard InChI is InChI=1S/C13H15ClN2O2S/c1-6-5-10(9(4)19-6)8(3)16-12(17)7(2)11(14)15-13(16)18/h5,8H,1-4H3,(H,15,18). The van der Waals surface area contributed by atoms with E-state index >= 15 is 0 Å². The largest absolute Gasteiger partial charge is 0.330 e. The minimum atomic E-state index is -0.476. The number of halogens is 1. The highest BCUT2D eigenvalue weighted by Crippen LogP contribution is 2.27. The maximum atomic E-state index is 12.2. The van der Waals surface area contributed by atoms with Crippen molar-refractivity contribution < 1.29 is 0 Å². The molecule has 1 unspecified atom stereocenters. The molecule has 19 heavy (non-hydrogen) atoms. The molecular formula is C13H15ClN2O2S. The van der Waals surface area contributed by atoms with E-state index in [4.69, 9.17) is 11.6 Å². The number of hydrogen-bond acceptors (Lipinski definition) is 3. The van der Waals surface area contributed by atoms with Crippen LogP contribution in [0.2, 0.25) is 5.15 Å². The zero-order valence-electron chi connectivity index (χ0n) is 11.2. The van der Waals surface area contributed by atoms with E-state index in [0.29, 0.717) is 5.56 Å². The molecule has 0 aromatic carbocycles. The van der Waals surface area contributed by atoms with Gasteiger partial charge in [0.05, 0.1) is 6.04 Å². The van der Waals surface area contributed by atoms with E-state index < -0.39 is 5.69 Å². The van der Waals surface area contributed by atoms with Gasteiger partial charge in [-0.1, -0.05) is 11.6 Å². The summed E-state index contributed by atoms with van der Waals surface area (Å²) in [4.78, 5) is 29.0. The van der Waals surface area contributed by atoms with E-state index in [1.54, 1.807) is 18.3 Å².